The number of rotatable bonds is 7. The van der Waals surface area contributed by atoms with E-state index in [9.17, 15) is 0 Å². The summed E-state index contributed by atoms with van der Waals surface area (Å²) in [6, 6.07) is 4.18. The van der Waals surface area contributed by atoms with Crippen molar-refractivity contribution in [2.24, 2.45) is 5.92 Å². The van der Waals surface area contributed by atoms with Gasteiger partial charge in [0.15, 0.2) is 0 Å². The third kappa shape index (κ3) is 4.58. The molecule has 0 amide bonds. The number of hydrogen-bond donors (Lipinski definition) is 1. The van der Waals surface area contributed by atoms with Gasteiger partial charge in [-0.2, -0.15) is 0 Å². The van der Waals surface area contributed by atoms with Gasteiger partial charge in [-0.1, -0.05) is 13.8 Å². The molecule has 108 valence electrons. The molecule has 0 spiro atoms. The maximum absolute atomic E-state index is 4.41. The monoisotopic (exact) mass is 290 g/mol. The second-order valence-corrected chi connectivity index (χ2v) is 6.08. The first kappa shape index (κ1) is 14.9. The predicted molar refractivity (Wildman–Crippen MR) is 85.0 cm³/mol. The van der Waals surface area contributed by atoms with Crippen LogP contribution in [0.4, 0.5) is 5.69 Å². The summed E-state index contributed by atoms with van der Waals surface area (Å²) in [6.07, 6.45) is 1.87. The van der Waals surface area contributed by atoms with Crippen LogP contribution < -0.4 is 10.2 Å². The highest BCUT2D eigenvalue weighted by atomic mass is 32.1. The van der Waals surface area contributed by atoms with Crippen LogP contribution in [-0.4, -0.2) is 23.6 Å². The van der Waals surface area contributed by atoms with Crippen LogP contribution in [0.2, 0.25) is 0 Å². The Morgan fingerprint density at radius 1 is 1.30 bits per heavy atom. The lowest BCUT2D eigenvalue weighted by Crippen LogP contribution is -2.20. The number of nitrogens with zero attached hydrogens (tertiary/aromatic N) is 3. The summed E-state index contributed by atoms with van der Waals surface area (Å²) in [6.45, 7) is 7.07. The highest BCUT2D eigenvalue weighted by molar-refractivity contribution is 7.07. The van der Waals surface area contributed by atoms with Gasteiger partial charge in [0.25, 0.3) is 0 Å². The Morgan fingerprint density at radius 3 is 2.85 bits per heavy atom. The molecule has 5 heteroatoms. The first-order chi connectivity index (χ1) is 9.65. The lowest BCUT2D eigenvalue weighted by molar-refractivity contribution is 0.548. The van der Waals surface area contributed by atoms with Crippen LogP contribution in [-0.2, 0) is 13.1 Å². The van der Waals surface area contributed by atoms with Crippen LogP contribution in [0.1, 0.15) is 25.2 Å². The molecule has 0 saturated carbocycles. The van der Waals surface area contributed by atoms with Gasteiger partial charge in [0.05, 0.1) is 23.4 Å². The van der Waals surface area contributed by atoms with Crippen molar-refractivity contribution in [2.45, 2.75) is 26.9 Å². The van der Waals surface area contributed by atoms with E-state index in [1.165, 1.54) is 5.69 Å². The average molecular weight is 290 g/mol. The summed E-state index contributed by atoms with van der Waals surface area (Å²) in [5.74, 6) is 0.658. The topological polar surface area (TPSA) is 41.0 Å². The molecule has 0 atom stereocenters. The Labute approximate surface area is 124 Å². The molecule has 0 aromatic carbocycles. The van der Waals surface area contributed by atoms with Crippen molar-refractivity contribution in [3.63, 3.8) is 0 Å². The maximum atomic E-state index is 4.41. The third-order valence-electron chi connectivity index (χ3n) is 2.98. The van der Waals surface area contributed by atoms with Gasteiger partial charge in [0, 0.05) is 30.9 Å². The fourth-order valence-electron chi connectivity index (χ4n) is 1.94. The van der Waals surface area contributed by atoms with Crippen LogP contribution in [0.25, 0.3) is 0 Å². The quantitative estimate of drug-likeness (QED) is 0.851. The Morgan fingerprint density at radius 2 is 2.15 bits per heavy atom. The fourth-order valence-corrected chi connectivity index (χ4v) is 2.49. The summed E-state index contributed by atoms with van der Waals surface area (Å²) >= 11 is 1.63. The minimum atomic E-state index is 0.658. The summed E-state index contributed by atoms with van der Waals surface area (Å²) < 4.78 is 0. The van der Waals surface area contributed by atoms with E-state index in [0.29, 0.717) is 5.92 Å². The van der Waals surface area contributed by atoms with Crippen molar-refractivity contribution < 1.29 is 0 Å². The molecule has 2 aromatic rings. The molecular formula is C15H22N4S. The largest absolute Gasteiger partial charge is 0.369 e. The zero-order valence-corrected chi connectivity index (χ0v) is 13.2. The second-order valence-electron chi connectivity index (χ2n) is 5.37. The van der Waals surface area contributed by atoms with Gasteiger partial charge in [0.2, 0.25) is 0 Å². The number of thiazole rings is 1. The normalized spacial score (nSPS) is 11.0. The summed E-state index contributed by atoms with van der Waals surface area (Å²) in [5, 5.41) is 5.51. The number of anilines is 1. The molecule has 0 fully saturated rings. The lowest BCUT2D eigenvalue weighted by atomic mass is 10.2. The second kappa shape index (κ2) is 7.36. The maximum Gasteiger partial charge on any atom is 0.0795 e. The smallest absolute Gasteiger partial charge is 0.0795 e. The number of pyridine rings is 1. The molecule has 0 unspecified atom stereocenters. The Hall–Kier alpha value is -1.46. The molecule has 4 nitrogen and oxygen atoms in total. The zero-order chi connectivity index (χ0) is 14.4. The molecule has 2 heterocycles. The van der Waals surface area contributed by atoms with Crippen LogP contribution in [0, 0.1) is 5.92 Å². The van der Waals surface area contributed by atoms with E-state index >= 15 is 0 Å². The molecule has 20 heavy (non-hydrogen) atoms. The third-order valence-corrected chi connectivity index (χ3v) is 3.62. The van der Waals surface area contributed by atoms with Gasteiger partial charge < -0.3 is 10.2 Å². The van der Waals surface area contributed by atoms with Gasteiger partial charge in [-0.15, -0.1) is 11.3 Å². The van der Waals surface area contributed by atoms with Crippen molar-refractivity contribution >= 4 is 17.0 Å². The Bertz CT molecular complexity index is 510. The van der Waals surface area contributed by atoms with Gasteiger partial charge in [0.1, 0.15) is 0 Å². The highest BCUT2D eigenvalue weighted by Gasteiger charge is 2.05. The van der Waals surface area contributed by atoms with Crippen molar-refractivity contribution in [2.75, 3.05) is 18.5 Å². The lowest BCUT2D eigenvalue weighted by Gasteiger charge is -2.18. The van der Waals surface area contributed by atoms with E-state index in [0.717, 1.165) is 31.0 Å². The van der Waals surface area contributed by atoms with E-state index in [1.54, 1.807) is 11.3 Å². The first-order valence-electron chi connectivity index (χ1n) is 6.89. The molecular weight excluding hydrogens is 268 g/mol. The van der Waals surface area contributed by atoms with E-state index < -0.39 is 0 Å². The molecule has 1 N–H and O–H groups in total. The molecule has 2 aromatic heterocycles. The van der Waals surface area contributed by atoms with Crippen molar-refractivity contribution in [1.82, 2.24) is 15.3 Å². The van der Waals surface area contributed by atoms with Gasteiger partial charge in [-0.3, -0.25) is 4.98 Å². The SMILES string of the molecule is CC(C)CNCc1cc(N(C)Cc2cscn2)ccn1. The van der Waals surface area contributed by atoms with Crippen molar-refractivity contribution in [3.05, 3.63) is 40.6 Å². The van der Waals surface area contributed by atoms with Crippen molar-refractivity contribution in [1.29, 1.82) is 0 Å². The van der Waals surface area contributed by atoms with Gasteiger partial charge >= 0.3 is 0 Å². The molecule has 0 aliphatic heterocycles. The zero-order valence-electron chi connectivity index (χ0n) is 12.3. The van der Waals surface area contributed by atoms with E-state index in [2.05, 4.69) is 52.5 Å². The minimum absolute atomic E-state index is 0.658. The van der Waals surface area contributed by atoms with Gasteiger partial charge in [-0.05, 0) is 24.6 Å². The summed E-state index contributed by atoms with van der Waals surface area (Å²) in [4.78, 5) is 10.9. The van der Waals surface area contributed by atoms with Crippen LogP contribution >= 0.6 is 11.3 Å². The molecule has 0 radical (unpaired) electrons. The van der Waals surface area contributed by atoms with Crippen molar-refractivity contribution in [3.8, 4) is 0 Å². The molecule has 0 saturated heterocycles. The van der Waals surface area contributed by atoms with Crippen LogP contribution in [0.15, 0.2) is 29.2 Å². The Balaban J connectivity index is 1.94. The standard InChI is InChI=1S/C15H22N4S/c1-12(2)7-16-8-13-6-15(4-5-17-13)19(3)9-14-10-20-11-18-14/h4-6,10-12,16H,7-9H2,1-3H3. The highest BCUT2D eigenvalue weighted by Crippen LogP contribution is 2.16. The van der Waals surface area contributed by atoms with E-state index in [1.807, 2.05) is 17.8 Å². The number of nitrogens with one attached hydrogen (secondary N) is 1. The molecule has 0 aliphatic rings. The minimum Gasteiger partial charge on any atom is -0.369 e. The van der Waals surface area contributed by atoms with E-state index in [-0.39, 0.29) is 0 Å². The average Bonchev–Trinajstić information content (AvgIpc) is 2.91. The van der Waals surface area contributed by atoms with Crippen LogP contribution in [0.5, 0.6) is 0 Å². The van der Waals surface area contributed by atoms with Gasteiger partial charge in [-0.25, -0.2) is 4.98 Å². The Kier molecular flexibility index (Phi) is 5.49. The fraction of sp³-hybridized carbons (Fsp3) is 0.467. The van der Waals surface area contributed by atoms with Crippen LogP contribution in [0.3, 0.4) is 0 Å². The number of aromatic nitrogens is 2. The predicted octanol–water partition coefficient (Wildman–Crippen LogP) is 2.92. The summed E-state index contributed by atoms with van der Waals surface area (Å²) in [7, 11) is 2.08. The number of hydrogen-bond acceptors (Lipinski definition) is 5. The first-order valence-corrected chi connectivity index (χ1v) is 7.83. The molecule has 0 aliphatic carbocycles. The van der Waals surface area contributed by atoms with E-state index in [4.69, 9.17) is 0 Å². The molecule has 0 bridgehead atoms. The summed E-state index contributed by atoms with van der Waals surface area (Å²) in [5.41, 5.74) is 5.23. The molecule has 2 rings (SSSR count).